The second-order valence-electron chi connectivity index (χ2n) is 10.8. The summed E-state index contributed by atoms with van der Waals surface area (Å²) in [5.74, 6) is 0.840. The molecule has 3 unspecified atom stereocenters. The van der Waals surface area contributed by atoms with Crippen LogP contribution in [-0.2, 0) is 14.3 Å². The zero-order valence-electron chi connectivity index (χ0n) is 22.5. The number of hydrogen-bond acceptors (Lipinski definition) is 7. The molecule has 5 atom stereocenters. The summed E-state index contributed by atoms with van der Waals surface area (Å²) in [6, 6.07) is 18.6. The van der Waals surface area contributed by atoms with Gasteiger partial charge in [-0.1, -0.05) is 36.4 Å². The van der Waals surface area contributed by atoms with Gasteiger partial charge in [0.05, 0.1) is 30.8 Å². The van der Waals surface area contributed by atoms with Crippen LogP contribution in [0, 0.1) is 5.82 Å². The van der Waals surface area contributed by atoms with E-state index in [2.05, 4.69) is 9.97 Å². The quantitative estimate of drug-likeness (QED) is 0.369. The number of ether oxygens (including phenoxy) is 4. The first-order chi connectivity index (χ1) is 19.9. The van der Waals surface area contributed by atoms with Gasteiger partial charge < -0.3 is 33.9 Å². The van der Waals surface area contributed by atoms with E-state index in [-0.39, 0.29) is 36.5 Å². The molecule has 0 spiro atoms. The highest BCUT2D eigenvalue weighted by Gasteiger charge is 2.48. The van der Waals surface area contributed by atoms with Gasteiger partial charge in [-0.15, -0.1) is 0 Å². The number of carbonyl (C=O) groups excluding carboxylic acids is 1. The van der Waals surface area contributed by atoms with Crippen molar-refractivity contribution < 1.29 is 33.2 Å². The monoisotopic (exact) mass is 559 g/mol. The van der Waals surface area contributed by atoms with Crippen molar-refractivity contribution in [2.24, 2.45) is 0 Å². The van der Waals surface area contributed by atoms with Crippen LogP contribution in [0.3, 0.4) is 0 Å². The van der Waals surface area contributed by atoms with Crippen molar-refractivity contribution >= 4 is 16.9 Å². The fourth-order valence-electron chi connectivity index (χ4n) is 5.83. The third-order valence-electron chi connectivity index (χ3n) is 8.03. The van der Waals surface area contributed by atoms with Crippen LogP contribution in [0.4, 0.5) is 4.39 Å². The number of carbonyl (C=O) groups is 1. The molecule has 2 N–H and O–H groups in total. The lowest BCUT2D eigenvalue weighted by Crippen LogP contribution is -2.34. The lowest BCUT2D eigenvalue weighted by atomic mass is 10.0. The molecule has 2 aromatic heterocycles. The zero-order valence-corrected chi connectivity index (χ0v) is 22.5. The third-order valence-corrected chi connectivity index (χ3v) is 8.03. The van der Waals surface area contributed by atoms with Gasteiger partial charge in [0.2, 0.25) is 5.91 Å². The van der Waals surface area contributed by atoms with Crippen LogP contribution in [0.1, 0.15) is 13.3 Å². The Morgan fingerprint density at radius 2 is 1.71 bits per heavy atom. The predicted octanol–water partition coefficient (Wildman–Crippen LogP) is 3.94. The van der Waals surface area contributed by atoms with Gasteiger partial charge >= 0.3 is 0 Å². The molecule has 1 amide bonds. The fraction of sp³-hybridized carbons (Fsp3) is 0.355. The van der Waals surface area contributed by atoms with E-state index in [0.29, 0.717) is 35.6 Å². The number of pyridine rings is 1. The number of aromatic amines is 1. The summed E-state index contributed by atoms with van der Waals surface area (Å²) in [4.78, 5) is 21.0. The van der Waals surface area contributed by atoms with Crippen molar-refractivity contribution in [2.75, 3.05) is 26.3 Å². The predicted molar refractivity (Wildman–Crippen MR) is 148 cm³/mol. The SMILES string of the molecule is CC(=O)N1CCC(Oc2ccc(-c3ccc(-c4nc5cc(O[C@@H]6COC7C6OC[C@H]7O)[nH]c5cc4F)cc3)cc2)C1. The second kappa shape index (κ2) is 10.4. The average Bonchev–Trinajstić information content (AvgIpc) is 3.76. The Morgan fingerprint density at radius 3 is 2.44 bits per heavy atom. The number of nitrogens with one attached hydrogen (secondary N) is 1. The molecule has 0 aliphatic carbocycles. The van der Waals surface area contributed by atoms with E-state index < -0.39 is 18.0 Å². The van der Waals surface area contributed by atoms with Crippen molar-refractivity contribution in [3.8, 4) is 34.0 Å². The fourth-order valence-corrected chi connectivity index (χ4v) is 5.83. The van der Waals surface area contributed by atoms with Gasteiger partial charge in [0.25, 0.3) is 0 Å². The summed E-state index contributed by atoms with van der Waals surface area (Å²) in [5.41, 5.74) is 4.00. The molecule has 5 heterocycles. The number of benzene rings is 2. The van der Waals surface area contributed by atoms with Gasteiger partial charge in [0.15, 0.2) is 17.8 Å². The third kappa shape index (κ3) is 5.03. The summed E-state index contributed by atoms with van der Waals surface area (Å²) in [6.45, 7) is 3.44. The number of rotatable bonds is 6. The van der Waals surface area contributed by atoms with Crippen molar-refractivity contribution in [1.82, 2.24) is 14.9 Å². The first-order valence-corrected chi connectivity index (χ1v) is 13.8. The maximum Gasteiger partial charge on any atom is 0.219 e. The van der Waals surface area contributed by atoms with E-state index in [9.17, 15) is 9.90 Å². The van der Waals surface area contributed by atoms with E-state index in [1.807, 2.05) is 48.5 Å². The van der Waals surface area contributed by atoms with E-state index in [1.165, 1.54) is 6.07 Å². The highest BCUT2D eigenvalue weighted by molar-refractivity contribution is 5.81. The maximum atomic E-state index is 15.1. The number of fused-ring (bicyclic) bond motifs is 2. The van der Waals surface area contributed by atoms with Crippen LogP contribution in [-0.4, -0.2) is 82.7 Å². The van der Waals surface area contributed by atoms with Crippen molar-refractivity contribution in [3.05, 3.63) is 66.5 Å². The van der Waals surface area contributed by atoms with Crippen LogP contribution in [0.5, 0.6) is 11.6 Å². The van der Waals surface area contributed by atoms with Crippen molar-refractivity contribution in [2.45, 2.75) is 43.9 Å². The molecule has 3 aliphatic rings. The van der Waals surface area contributed by atoms with E-state index in [0.717, 1.165) is 29.8 Å². The molecule has 0 saturated carbocycles. The van der Waals surface area contributed by atoms with Crippen LogP contribution in [0.2, 0.25) is 0 Å². The molecule has 9 nitrogen and oxygen atoms in total. The Hall–Kier alpha value is -3.99. The average molecular weight is 560 g/mol. The molecule has 3 aliphatic heterocycles. The molecule has 2 aromatic carbocycles. The first-order valence-electron chi connectivity index (χ1n) is 13.8. The summed E-state index contributed by atoms with van der Waals surface area (Å²) < 4.78 is 38.4. The van der Waals surface area contributed by atoms with Crippen molar-refractivity contribution in [1.29, 1.82) is 0 Å². The second-order valence-corrected chi connectivity index (χ2v) is 10.8. The van der Waals surface area contributed by atoms with Gasteiger partial charge in [-0.05, 0) is 23.3 Å². The van der Waals surface area contributed by atoms with Crippen molar-refractivity contribution in [3.63, 3.8) is 0 Å². The largest absolute Gasteiger partial charge is 0.489 e. The Balaban J connectivity index is 1.04. The van der Waals surface area contributed by atoms with Gasteiger partial charge in [-0.2, -0.15) is 0 Å². The number of likely N-dealkylation sites (tertiary alicyclic amines) is 1. The molecule has 4 aromatic rings. The molecule has 3 saturated heterocycles. The van der Waals surface area contributed by atoms with Crippen LogP contribution in [0.25, 0.3) is 33.4 Å². The van der Waals surface area contributed by atoms with Crippen LogP contribution >= 0.6 is 0 Å². The summed E-state index contributed by atoms with van der Waals surface area (Å²) >= 11 is 0. The number of aliphatic hydroxyl groups excluding tert-OH is 1. The maximum absolute atomic E-state index is 15.1. The minimum absolute atomic E-state index is 0.00542. The normalized spacial score (nSPS) is 25.5. The molecule has 3 fully saturated rings. The minimum Gasteiger partial charge on any atom is -0.489 e. The van der Waals surface area contributed by atoms with E-state index in [1.54, 1.807) is 17.9 Å². The molecular formula is C31H30FN3O6. The number of H-pyrrole nitrogens is 1. The minimum atomic E-state index is -0.655. The van der Waals surface area contributed by atoms with Gasteiger partial charge in [-0.25, -0.2) is 9.37 Å². The number of nitrogens with zero attached hydrogens (tertiary/aromatic N) is 2. The highest BCUT2D eigenvalue weighted by Crippen LogP contribution is 2.33. The Morgan fingerprint density at radius 1 is 1.00 bits per heavy atom. The standard InChI is InChI=1S/C31H30FN3O6/c1-17(36)35-11-10-22(14-35)40-21-8-6-19(7-9-21)18-2-4-20(5-3-18)29-23(32)12-24-25(34-29)13-28(33-24)41-27-16-39-30-26(37)15-38-31(27)30/h2-9,12-13,22,26-27,30-31,33,37H,10-11,14-16H2,1H3/t22?,26-,27-,30?,31?/m1/s1. The summed E-state index contributed by atoms with van der Waals surface area (Å²) in [7, 11) is 0. The molecule has 0 radical (unpaired) electrons. The van der Waals surface area contributed by atoms with Crippen LogP contribution in [0.15, 0.2) is 60.7 Å². The molecule has 7 rings (SSSR count). The number of hydrogen-bond donors (Lipinski definition) is 2. The number of halogens is 1. The molecule has 41 heavy (non-hydrogen) atoms. The van der Waals surface area contributed by atoms with Gasteiger partial charge in [-0.3, -0.25) is 4.79 Å². The lowest BCUT2D eigenvalue weighted by Gasteiger charge is -2.16. The lowest BCUT2D eigenvalue weighted by molar-refractivity contribution is -0.128. The molecule has 0 bridgehead atoms. The topological polar surface area (TPSA) is 106 Å². The Labute approximate surface area is 235 Å². The number of aliphatic hydroxyl groups is 1. The smallest absolute Gasteiger partial charge is 0.219 e. The molecule has 212 valence electrons. The highest BCUT2D eigenvalue weighted by atomic mass is 19.1. The first kappa shape index (κ1) is 25.9. The summed E-state index contributed by atoms with van der Waals surface area (Å²) in [5, 5.41) is 9.95. The summed E-state index contributed by atoms with van der Waals surface area (Å²) in [6.07, 6.45) is -0.930. The van der Waals surface area contributed by atoms with Gasteiger partial charge in [0, 0.05) is 37.6 Å². The van der Waals surface area contributed by atoms with Crippen LogP contribution < -0.4 is 9.47 Å². The Kier molecular flexibility index (Phi) is 6.61. The van der Waals surface area contributed by atoms with E-state index in [4.69, 9.17) is 18.9 Å². The molecule has 10 heteroatoms. The number of amides is 1. The molecular weight excluding hydrogens is 529 g/mol. The van der Waals surface area contributed by atoms with E-state index >= 15 is 4.39 Å². The Bertz CT molecular complexity index is 1570. The van der Waals surface area contributed by atoms with Gasteiger partial charge in [0.1, 0.15) is 35.9 Å². The zero-order chi connectivity index (χ0) is 28.1. The number of aromatic nitrogens is 2.